The number of carbonyl (C=O) groups is 1. The van der Waals surface area contributed by atoms with E-state index in [0.29, 0.717) is 0 Å². The number of terminal acetylenes is 1. The van der Waals surface area contributed by atoms with Crippen LogP contribution in [0.2, 0.25) is 0 Å². The summed E-state index contributed by atoms with van der Waals surface area (Å²) in [5.74, 6) is 2.45. The average molecular weight is 384 g/mol. The third kappa shape index (κ3) is 4.15. The van der Waals surface area contributed by atoms with Crippen LogP contribution in [0.3, 0.4) is 0 Å². The molecule has 9 nitrogen and oxygen atoms in total. The first-order valence-corrected chi connectivity index (χ1v) is 9.29. The molecule has 1 aliphatic heterocycles. The number of hydrogen-bond acceptors (Lipinski definition) is 8. The SMILES string of the molecule is C#CCC1(S(=O)(=O)NC(=O)Nc2nc(OC)cc(OC)n2)CC=CS1. The number of aromatic nitrogens is 2. The Morgan fingerprint density at radius 3 is 2.52 bits per heavy atom. The summed E-state index contributed by atoms with van der Waals surface area (Å²) in [7, 11) is -1.30. The van der Waals surface area contributed by atoms with E-state index in [2.05, 4.69) is 21.2 Å². The van der Waals surface area contributed by atoms with Gasteiger partial charge in [0.2, 0.25) is 17.7 Å². The monoisotopic (exact) mass is 384 g/mol. The maximum absolute atomic E-state index is 12.6. The summed E-state index contributed by atoms with van der Waals surface area (Å²) in [5.41, 5.74) is 0. The van der Waals surface area contributed by atoms with Crippen LogP contribution in [-0.4, -0.2) is 42.7 Å². The van der Waals surface area contributed by atoms with Crippen LogP contribution in [0, 0.1) is 12.3 Å². The number of nitrogens with one attached hydrogen (secondary N) is 2. The molecule has 0 saturated heterocycles. The molecule has 2 rings (SSSR count). The van der Waals surface area contributed by atoms with Gasteiger partial charge in [-0.25, -0.2) is 17.9 Å². The lowest BCUT2D eigenvalue weighted by Gasteiger charge is -2.25. The normalized spacial score (nSPS) is 19.1. The van der Waals surface area contributed by atoms with Gasteiger partial charge < -0.3 is 9.47 Å². The van der Waals surface area contributed by atoms with Gasteiger partial charge in [0.1, 0.15) is 0 Å². The van der Waals surface area contributed by atoms with Gasteiger partial charge in [-0.2, -0.15) is 9.97 Å². The summed E-state index contributed by atoms with van der Waals surface area (Å²) in [6, 6.07) is 0.391. The third-order valence-corrected chi connectivity index (χ3v) is 6.98. The van der Waals surface area contributed by atoms with Gasteiger partial charge in [0, 0.05) is 6.42 Å². The predicted octanol–water partition coefficient (Wildman–Crippen LogP) is 1.32. The Bertz CT molecular complexity index is 802. The lowest BCUT2D eigenvalue weighted by molar-refractivity contribution is 0.256. The molecule has 2 N–H and O–H groups in total. The van der Waals surface area contributed by atoms with E-state index in [9.17, 15) is 13.2 Å². The summed E-state index contributed by atoms with van der Waals surface area (Å²) in [6.45, 7) is 0. The number of sulfonamides is 1. The number of amides is 2. The molecule has 0 bridgehead atoms. The Balaban J connectivity index is 2.15. The van der Waals surface area contributed by atoms with Crippen molar-refractivity contribution in [2.24, 2.45) is 0 Å². The van der Waals surface area contributed by atoms with E-state index < -0.39 is 20.1 Å². The van der Waals surface area contributed by atoms with Crippen molar-refractivity contribution in [3.05, 3.63) is 17.6 Å². The molecule has 0 saturated carbocycles. The number of urea groups is 1. The Labute approximate surface area is 149 Å². The molecule has 0 spiro atoms. The lowest BCUT2D eigenvalue weighted by atomic mass is 10.2. The molecule has 1 aromatic rings. The fourth-order valence-corrected chi connectivity index (χ4v) is 4.66. The Hall–Kier alpha value is -2.45. The molecule has 0 aromatic carbocycles. The van der Waals surface area contributed by atoms with Crippen LogP contribution in [0.4, 0.5) is 10.7 Å². The van der Waals surface area contributed by atoms with Crippen LogP contribution >= 0.6 is 11.8 Å². The second-order valence-electron chi connectivity index (χ2n) is 4.82. The molecule has 0 aliphatic carbocycles. The summed E-state index contributed by atoms with van der Waals surface area (Å²) in [4.78, 5) is 19.9. The third-order valence-electron chi connectivity index (χ3n) is 3.22. The Morgan fingerprint density at radius 1 is 1.40 bits per heavy atom. The van der Waals surface area contributed by atoms with Gasteiger partial charge in [0.25, 0.3) is 10.0 Å². The highest BCUT2D eigenvalue weighted by Gasteiger charge is 2.45. The van der Waals surface area contributed by atoms with Crippen LogP contribution in [0.1, 0.15) is 12.8 Å². The molecule has 2 amide bonds. The zero-order chi connectivity index (χ0) is 18.5. The molecule has 25 heavy (non-hydrogen) atoms. The minimum atomic E-state index is -4.06. The number of allylic oxidation sites excluding steroid dienone is 1. The van der Waals surface area contributed by atoms with Crippen LogP contribution < -0.4 is 19.5 Å². The summed E-state index contributed by atoms with van der Waals surface area (Å²) in [5, 5.41) is 3.88. The van der Waals surface area contributed by atoms with Crippen molar-refractivity contribution >= 4 is 33.8 Å². The summed E-state index contributed by atoms with van der Waals surface area (Å²) >= 11 is 1.06. The number of nitrogens with zero attached hydrogens (tertiary/aromatic N) is 2. The first kappa shape index (κ1) is 18.9. The number of hydrogen-bond donors (Lipinski definition) is 2. The van der Waals surface area contributed by atoms with Crippen molar-refractivity contribution in [2.75, 3.05) is 19.5 Å². The van der Waals surface area contributed by atoms with Crippen LogP contribution in [0.5, 0.6) is 11.8 Å². The number of ether oxygens (including phenoxy) is 2. The van der Waals surface area contributed by atoms with Crippen molar-refractivity contribution in [1.29, 1.82) is 0 Å². The molecule has 11 heteroatoms. The zero-order valence-electron chi connectivity index (χ0n) is 13.5. The van der Waals surface area contributed by atoms with E-state index in [1.807, 2.05) is 4.72 Å². The van der Waals surface area contributed by atoms with E-state index in [1.165, 1.54) is 20.3 Å². The molecule has 0 fully saturated rings. The lowest BCUT2D eigenvalue weighted by Crippen LogP contribution is -2.46. The molecular weight excluding hydrogens is 368 g/mol. The molecule has 1 atom stereocenters. The van der Waals surface area contributed by atoms with E-state index in [-0.39, 0.29) is 30.5 Å². The Kier molecular flexibility index (Phi) is 5.76. The number of anilines is 1. The molecule has 134 valence electrons. The molecule has 2 heterocycles. The maximum atomic E-state index is 12.6. The van der Waals surface area contributed by atoms with Gasteiger partial charge in [-0.3, -0.25) is 5.32 Å². The maximum Gasteiger partial charge on any atom is 0.335 e. The number of rotatable bonds is 6. The number of thioether (sulfide) groups is 1. The van der Waals surface area contributed by atoms with Crippen molar-refractivity contribution in [3.63, 3.8) is 0 Å². The first-order chi connectivity index (χ1) is 11.9. The minimum Gasteiger partial charge on any atom is -0.481 e. The fourth-order valence-electron chi connectivity index (χ4n) is 2.00. The highest BCUT2D eigenvalue weighted by atomic mass is 32.3. The van der Waals surface area contributed by atoms with Gasteiger partial charge in [-0.05, 0) is 11.8 Å². The largest absolute Gasteiger partial charge is 0.481 e. The number of methoxy groups -OCH3 is 2. The highest BCUT2D eigenvalue weighted by molar-refractivity contribution is 8.16. The van der Waals surface area contributed by atoms with E-state index in [0.717, 1.165) is 11.8 Å². The first-order valence-electron chi connectivity index (χ1n) is 6.92. The van der Waals surface area contributed by atoms with E-state index >= 15 is 0 Å². The highest BCUT2D eigenvalue weighted by Crippen LogP contribution is 2.43. The van der Waals surface area contributed by atoms with Crippen LogP contribution in [0.25, 0.3) is 0 Å². The van der Waals surface area contributed by atoms with Crippen molar-refractivity contribution in [3.8, 4) is 24.1 Å². The molecular formula is C14H16N4O5S2. The topological polar surface area (TPSA) is 120 Å². The van der Waals surface area contributed by atoms with Gasteiger partial charge in [-0.1, -0.05) is 6.08 Å². The average Bonchev–Trinajstić information content (AvgIpc) is 3.04. The van der Waals surface area contributed by atoms with Gasteiger partial charge in [0.15, 0.2) is 4.08 Å². The van der Waals surface area contributed by atoms with E-state index in [4.69, 9.17) is 15.9 Å². The van der Waals surface area contributed by atoms with Gasteiger partial charge in [0.05, 0.1) is 20.3 Å². The van der Waals surface area contributed by atoms with Gasteiger partial charge >= 0.3 is 6.03 Å². The quantitative estimate of drug-likeness (QED) is 0.705. The Morgan fingerprint density at radius 2 is 2.04 bits per heavy atom. The standard InChI is InChI=1S/C14H16N4O5S2/c1-4-6-14(7-5-8-24-14)25(20,21)18-13(19)17-12-15-10(22-2)9-11(16-12)23-3/h1,5,8-9H,6-7H2,2-3H3,(H2,15,16,17,18,19). The van der Waals surface area contributed by atoms with Crippen LogP contribution in [-0.2, 0) is 10.0 Å². The number of carbonyl (C=O) groups excluding carboxylic acids is 1. The fraction of sp³-hybridized carbons (Fsp3) is 0.357. The predicted molar refractivity (Wildman–Crippen MR) is 93.7 cm³/mol. The minimum absolute atomic E-state index is 0.0449. The summed E-state index contributed by atoms with van der Waals surface area (Å²) in [6.07, 6.45) is 7.12. The molecule has 0 radical (unpaired) electrons. The smallest absolute Gasteiger partial charge is 0.335 e. The van der Waals surface area contributed by atoms with Crippen molar-refractivity contribution in [2.45, 2.75) is 16.9 Å². The zero-order valence-corrected chi connectivity index (χ0v) is 15.1. The second-order valence-corrected chi connectivity index (χ2v) is 8.36. The van der Waals surface area contributed by atoms with Crippen LogP contribution in [0.15, 0.2) is 17.6 Å². The van der Waals surface area contributed by atoms with Crippen molar-refractivity contribution in [1.82, 2.24) is 14.7 Å². The second kappa shape index (κ2) is 7.62. The molecule has 1 aliphatic rings. The van der Waals surface area contributed by atoms with Crippen molar-refractivity contribution < 1.29 is 22.7 Å². The summed E-state index contributed by atoms with van der Waals surface area (Å²) < 4.78 is 35.7. The molecule has 1 unspecified atom stereocenters. The van der Waals surface area contributed by atoms with E-state index in [1.54, 1.807) is 11.5 Å². The molecule has 1 aromatic heterocycles. The van der Waals surface area contributed by atoms with Gasteiger partial charge in [-0.15, -0.1) is 24.1 Å².